The summed E-state index contributed by atoms with van der Waals surface area (Å²) in [6.45, 7) is 7.57. The summed E-state index contributed by atoms with van der Waals surface area (Å²) in [4.78, 5) is 0. The summed E-state index contributed by atoms with van der Waals surface area (Å²) < 4.78 is 0. The molecule has 0 heterocycles. The van der Waals surface area contributed by atoms with E-state index in [1.54, 1.807) is 0 Å². The smallest absolute Gasteiger partial charge is 0.0706 e. The van der Waals surface area contributed by atoms with E-state index in [1.807, 2.05) is 56.3 Å². The van der Waals surface area contributed by atoms with Gasteiger partial charge in [0.25, 0.3) is 0 Å². The topological polar surface area (TPSA) is 20.2 Å². The summed E-state index contributed by atoms with van der Waals surface area (Å²) >= 11 is 6.18. The Morgan fingerprint density at radius 1 is 1.00 bits per heavy atom. The highest BCUT2D eigenvalue weighted by Gasteiger charge is 2.39. The molecule has 0 amide bonds. The normalized spacial score (nSPS) is 13.7. The van der Waals surface area contributed by atoms with Gasteiger partial charge in [-0.1, -0.05) is 78.5 Å². The average molecular weight is 316 g/mol. The van der Waals surface area contributed by atoms with Crippen LogP contribution in [0.2, 0.25) is 0 Å². The first-order chi connectivity index (χ1) is 9.90. The second-order valence-electron chi connectivity index (χ2n) is 5.66. The Balaban J connectivity index is 2.72. The molecule has 2 aromatic rings. The van der Waals surface area contributed by atoms with E-state index < -0.39 is 11.6 Å². The quantitative estimate of drug-likeness (QED) is 0.673. The van der Waals surface area contributed by atoms with Gasteiger partial charge in [0.05, 0.1) is 5.60 Å². The highest BCUT2D eigenvalue weighted by Crippen LogP contribution is 2.53. The van der Waals surface area contributed by atoms with E-state index in [1.165, 1.54) is 0 Å². The van der Waals surface area contributed by atoms with Crippen molar-refractivity contribution in [1.29, 1.82) is 0 Å². The van der Waals surface area contributed by atoms with Gasteiger partial charge in [-0.05, 0) is 24.5 Å². The summed E-state index contributed by atoms with van der Waals surface area (Å²) in [6.07, 6.45) is 1.82. The van der Waals surface area contributed by atoms with E-state index in [0.717, 1.165) is 10.6 Å². The van der Waals surface area contributed by atoms with E-state index >= 15 is 0 Å². The molecular formula is C18H21OPS. The SMILES string of the molecule is C=CC(C(C)(C)O)P(=S)(c1ccccc1)c1ccccc1. The van der Waals surface area contributed by atoms with Crippen molar-refractivity contribution in [3.63, 3.8) is 0 Å². The molecule has 2 rings (SSSR count). The van der Waals surface area contributed by atoms with Gasteiger partial charge in [0.1, 0.15) is 0 Å². The van der Waals surface area contributed by atoms with Crippen molar-refractivity contribution in [2.45, 2.75) is 25.1 Å². The van der Waals surface area contributed by atoms with Crippen molar-refractivity contribution in [3.05, 3.63) is 73.3 Å². The molecule has 1 atom stereocenters. The molecule has 0 aromatic heterocycles. The average Bonchev–Trinajstić information content (AvgIpc) is 2.48. The maximum atomic E-state index is 10.6. The lowest BCUT2D eigenvalue weighted by atomic mass is 10.1. The maximum absolute atomic E-state index is 10.6. The molecule has 1 nitrogen and oxygen atoms in total. The van der Waals surface area contributed by atoms with E-state index in [9.17, 15) is 5.11 Å². The third-order valence-electron chi connectivity index (χ3n) is 3.62. The number of hydrogen-bond acceptors (Lipinski definition) is 2. The van der Waals surface area contributed by atoms with Gasteiger partial charge in [-0.15, -0.1) is 6.58 Å². The Morgan fingerprint density at radius 2 is 1.38 bits per heavy atom. The third-order valence-corrected chi connectivity index (χ3v) is 9.32. The molecule has 0 fully saturated rings. The van der Waals surface area contributed by atoms with Gasteiger partial charge in [0, 0.05) is 11.7 Å². The highest BCUT2D eigenvalue weighted by molar-refractivity contribution is 8.22. The molecule has 21 heavy (non-hydrogen) atoms. The van der Waals surface area contributed by atoms with E-state index in [4.69, 9.17) is 11.8 Å². The first kappa shape index (κ1) is 16.2. The van der Waals surface area contributed by atoms with Gasteiger partial charge < -0.3 is 5.11 Å². The van der Waals surface area contributed by atoms with Crippen molar-refractivity contribution in [1.82, 2.24) is 0 Å². The first-order valence-electron chi connectivity index (χ1n) is 6.96. The molecule has 0 spiro atoms. The van der Waals surface area contributed by atoms with Gasteiger partial charge in [0.15, 0.2) is 0 Å². The predicted octanol–water partition coefficient (Wildman–Crippen LogP) is 3.44. The number of rotatable bonds is 5. The van der Waals surface area contributed by atoms with Gasteiger partial charge >= 0.3 is 0 Å². The molecule has 110 valence electrons. The second kappa shape index (κ2) is 6.27. The Kier molecular flexibility index (Phi) is 4.83. The largest absolute Gasteiger partial charge is 0.389 e. The lowest BCUT2D eigenvalue weighted by Crippen LogP contribution is -2.39. The predicted molar refractivity (Wildman–Crippen MR) is 96.7 cm³/mol. The maximum Gasteiger partial charge on any atom is 0.0706 e. The number of aliphatic hydroxyl groups is 1. The van der Waals surface area contributed by atoms with Crippen LogP contribution < -0.4 is 10.6 Å². The number of benzene rings is 2. The molecule has 0 saturated heterocycles. The zero-order valence-corrected chi connectivity index (χ0v) is 14.1. The van der Waals surface area contributed by atoms with Gasteiger partial charge in [0.2, 0.25) is 0 Å². The summed E-state index contributed by atoms with van der Waals surface area (Å²) in [5.74, 6) is 0. The van der Waals surface area contributed by atoms with Crippen molar-refractivity contribution in [2.75, 3.05) is 0 Å². The number of hydrogen-bond donors (Lipinski definition) is 1. The molecule has 0 bridgehead atoms. The zero-order chi connectivity index (χ0) is 15.5. The third kappa shape index (κ3) is 3.18. The lowest BCUT2D eigenvalue weighted by molar-refractivity contribution is 0.0882. The monoisotopic (exact) mass is 316 g/mol. The van der Waals surface area contributed by atoms with Crippen LogP contribution in [0.15, 0.2) is 73.3 Å². The lowest BCUT2D eigenvalue weighted by Gasteiger charge is -2.37. The molecular weight excluding hydrogens is 295 g/mol. The van der Waals surface area contributed by atoms with Crippen LogP contribution in [0.1, 0.15) is 13.8 Å². The molecule has 1 unspecified atom stereocenters. The Hall–Kier alpha value is -1.21. The van der Waals surface area contributed by atoms with E-state index in [2.05, 4.69) is 30.8 Å². The van der Waals surface area contributed by atoms with Crippen LogP contribution in [0.4, 0.5) is 0 Å². The summed E-state index contributed by atoms with van der Waals surface area (Å²) in [7, 11) is 0. The minimum absolute atomic E-state index is 0.176. The Labute approximate surface area is 132 Å². The van der Waals surface area contributed by atoms with E-state index in [0.29, 0.717) is 0 Å². The molecule has 0 saturated carbocycles. The standard InChI is InChI=1S/C18H21OPS/c1-4-17(18(2,3)19)20(21,15-11-7-5-8-12-15)16-13-9-6-10-14-16/h4-14,17,19H,1H2,2-3H3. The van der Waals surface area contributed by atoms with Crippen molar-refractivity contribution in [2.24, 2.45) is 0 Å². The molecule has 1 N–H and O–H groups in total. The van der Waals surface area contributed by atoms with Gasteiger partial charge in [-0.2, -0.15) is 0 Å². The molecule has 0 aliphatic carbocycles. The summed E-state index contributed by atoms with van der Waals surface area (Å²) in [6, 6.07) is 18.1. The van der Waals surface area contributed by atoms with Crippen LogP contribution >= 0.6 is 6.04 Å². The Morgan fingerprint density at radius 3 is 1.67 bits per heavy atom. The highest BCUT2D eigenvalue weighted by atomic mass is 32.4. The fraction of sp³-hybridized carbons (Fsp3) is 0.222. The molecule has 3 heteroatoms. The van der Waals surface area contributed by atoms with Crippen molar-refractivity contribution in [3.8, 4) is 0 Å². The molecule has 2 aromatic carbocycles. The van der Waals surface area contributed by atoms with Crippen LogP contribution in [0, 0.1) is 0 Å². The minimum Gasteiger partial charge on any atom is -0.389 e. The van der Waals surface area contributed by atoms with Crippen molar-refractivity contribution < 1.29 is 5.11 Å². The van der Waals surface area contributed by atoms with Gasteiger partial charge in [-0.3, -0.25) is 0 Å². The summed E-state index contributed by atoms with van der Waals surface area (Å²) in [5, 5.41) is 12.8. The zero-order valence-electron chi connectivity index (χ0n) is 12.4. The second-order valence-corrected chi connectivity index (χ2v) is 10.3. The molecule has 0 aliphatic rings. The fourth-order valence-electron chi connectivity index (χ4n) is 2.65. The van der Waals surface area contributed by atoms with E-state index in [-0.39, 0.29) is 5.66 Å². The first-order valence-corrected chi connectivity index (χ1v) is 9.83. The molecule has 0 radical (unpaired) electrons. The minimum atomic E-state index is -2.19. The fourth-order valence-corrected chi connectivity index (χ4v) is 7.77. The Bertz CT molecular complexity index is 600. The van der Waals surface area contributed by atoms with Crippen LogP contribution in [-0.2, 0) is 11.8 Å². The molecule has 0 aliphatic heterocycles. The van der Waals surface area contributed by atoms with Crippen LogP contribution in [-0.4, -0.2) is 16.4 Å². The summed E-state index contributed by atoms with van der Waals surface area (Å²) in [5.41, 5.74) is -1.09. The van der Waals surface area contributed by atoms with Gasteiger partial charge in [-0.25, -0.2) is 0 Å². The van der Waals surface area contributed by atoms with Crippen LogP contribution in [0.25, 0.3) is 0 Å². The van der Waals surface area contributed by atoms with Crippen LogP contribution in [0.3, 0.4) is 0 Å². The van der Waals surface area contributed by atoms with Crippen molar-refractivity contribution >= 4 is 28.5 Å². The van der Waals surface area contributed by atoms with Crippen LogP contribution in [0.5, 0.6) is 0 Å².